The Hall–Kier alpha value is -4.43. The van der Waals surface area contributed by atoms with Crippen LogP contribution in [0.5, 0.6) is 11.5 Å². The van der Waals surface area contributed by atoms with Gasteiger partial charge in [-0.25, -0.2) is 4.39 Å². The molecule has 0 aliphatic rings. The third-order valence-electron chi connectivity index (χ3n) is 6.66. The topological polar surface area (TPSA) is 67.9 Å². The normalized spacial score (nSPS) is 11.0. The number of ether oxygens (including phenoxy) is 2. The van der Waals surface area contributed by atoms with Gasteiger partial charge in [-0.05, 0) is 66.6 Å². The van der Waals surface area contributed by atoms with E-state index in [4.69, 9.17) is 9.47 Å². The molecule has 0 spiro atoms. The van der Waals surface area contributed by atoms with E-state index in [2.05, 4.69) is 10.2 Å². The van der Waals surface area contributed by atoms with Crippen molar-refractivity contribution in [3.05, 3.63) is 106 Å². The summed E-state index contributed by atoms with van der Waals surface area (Å²) < 4.78 is 25.6. The highest BCUT2D eigenvalue weighted by Crippen LogP contribution is 2.31. The summed E-state index contributed by atoms with van der Waals surface area (Å²) in [5.41, 5.74) is 2.93. The van der Waals surface area contributed by atoms with Gasteiger partial charge in [-0.15, -0.1) is 11.3 Å². The van der Waals surface area contributed by atoms with Gasteiger partial charge in [0.05, 0.1) is 24.5 Å². The number of anilines is 2. The number of halogens is 1. The maximum atomic E-state index is 13.7. The monoisotopic (exact) mass is 542 g/mol. The Morgan fingerprint density at radius 2 is 1.69 bits per heavy atom. The lowest BCUT2D eigenvalue weighted by Gasteiger charge is -2.21. The van der Waals surface area contributed by atoms with Crippen LogP contribution in [0.25, 0.3) is 20.2 Å². The van der Waals surface area contributed by atoms with Gasteiger partial charge in [0.1, 0.15) is 5.82 Å². The van der Waals surface area contributed by atoms with E-state index >= 15 is 0 Å². The molecule has 8 heteroatoms. The second-order valence-corrected chi connectivity index (χ2v) is 10.2. The van der Waals surface area contributed by atoms with E-state index in [1.807, 2.05) is 49.5 Å². The minimum absolute atomic E-state index is 0.282. The maximum Gasteiger partial charge on any atom is 0.257 e. The Labute approximate surface area is 229 Å². The molecule has 0 fully saturated rings. The fourth-order valence-corrected chi connectivity index (χ4v) is 5.63. The molecule has 4 aromatic carbocycles. The lowest BCUT2D eigenvalue weighted by atomic mass is 10.1. The van der Waals surface area contributed by atoms with Gasteiger partial charge >= 0.3 is 0 Å². The Kier molecular flexibility index (Phi) is 7.47. The van der Waals surface area contributed by atoms with Crippen LogP contribution in [-0.4, -0.2) is 33.7 Å². The van der Waals surface area contributed by atoms with Crippen LogP contribution in [0, 0.1) is 5.82 Å². The zero-order chi connectivity index (χ0) is 27.5. The van der Waals surface area contributed by atoms with E-state index in [9.17, 15) is 14.0 Å². The van der Waals surface area contributed by atoms with Crippen LogP contribution in [-0.2, 0) is 6.42 Å². The molecule has 0 saturated carbocycles. The first kappa shape index (κ1) is 26.2. The predicted octanol–water partition coefficient (Wildman–Crippen LogP) is 6.50. The number of likely N-dealkylation sites (N-methyl/N-ethyl adjacent to an activating group) is 1. The average molecular weight is 543 g/mol. The van der Waals surface area contributed by atoms with Crippen LogP contribution in [0.4, 0.5) is 15.8 Å². The van der Waals surface area contributed by atoms with E-state index < -0.39 is 5.82 Å². The van der Waals surface area contributed by atoms with Crippen LogP contribution in [0.15, 0.2) is 83.7 Å². The van der Waals surface area contributed by atoms with E-state index in [0.29, 0.717) is 42.9 Å². The van der Waals surface area contributed by atoms with Crippen molar-refractivity contribution < 1.29 is 18.7 Å². The number of carbonyl (C=O) groups is 1. The minimum Gasteiger partial charge on any atom is -0.493 e. The van der Waals surface area contributed by atoms with Crippen LogP contribution < -0.4 is 25.1 Å². The van der Waals surface area contributed by atoms with Gasteiger partial charge in [0, 0.05) is 46.5 Å². The number of hydrogen-bond acceptors (Lipinski definition) is 6. The van der Waals surface area contributed by atoms with Gasteiger partial charge in [-0.3, -0.25) is 9.59 Å². The first-order valence-electron chi connectivity index (χ1n) is 12.4. The lowest BCUT2D eigenvalue weighted by Crippen LogP contribution is -2.20. The molecular formula is C31H27FN2O4S. The van der Waals surface area contributed by atoms with Crippen molar-refractivity contribution in [3.8, 4) is 11.5 Å². The zero-order valence-corrected chi connectivity index (χ0v) is 22.6. The second-order valence-electron chi connectivity index (χ2n) is 9.12. The molecule has 6 nitrogen and oxygen atoms in total. The highest BCUT2D eigenvalue weighted by atomic mass is 32.1. The lowest BCUT2D eigenvalue weighted by molar-refractivity contribution is 0.102. The van der Waals surface area contributed by atoms with E-state index in [1.165, 1.54) is 23.5 Å². The van der Waals surface area contributed by atoms with E-state index in [-0.39, 0.29) is 11.3 Å². The maximum absolute atomic E-state index is 13.7. The Morgan fingerprint density at radius 1 is 0.923 bits per heavy atom. The van der Waals surface area contributed by atoms with Crippen molar-refractivity contribution >= 4 is 48.8 Å². The van der Waals surface area contributed by atoms with Crippen molar-refractivity contribution in [3.63, 3.8) is 0 Å². The molecule has 0 bridgehead atoms. The van der Waals surface area contributed by atoms with E-state index in [0.717, 1.165) is 24.2 Å². The van der Waals surface area contributed by atoms with Crippen molar-refractivity contribution in [2.24, 2.45) is 0 Å². The number of hydrogen-bond donors (Lipinski definition) is 1. The Balaban J connectivity index is 1.29. The quantitative estimate of drug-likeness (QED) is 0.227. The first-order valence-corrected chi connectivity index (χ1v) is 13.2. The van der Waals surface area contributed by atoms with Crippen LogP contribution in [0.2, 0.25) is 0 Å². The number of carbonyl (C=O) groups excluding carboxylic acids is 1. The molecule has 198 valence electrons. The molecule has 0 atom stereocenters. The van der Waals surface area contributed by atoms with Gasteiger partial charge in [0.2, 0.25) is 0 Å². The minimum atomic E-state index is -0.462. The summed E-state index contributed by atoms with van der Waals surface area (Å²) in [6.45, 7) is 0.786. The predicted molar refractivity (Wildman–Crippen MR) is 156 cm³/mol. The van der Waals surface area contributed by atoms with Gasteiger partial charge < -0.3 is 19.7 Å². The Bertz CT molecular complexity index is 1730. The van der Waals surface area contributed by atoms with Gasteiger partial charge in [-0.1, -0.05) is 18.2 Å². The zero-order valence-electron chi connectivity index (χ0n) is 21.8. The number of nitrogens with one attached hydrogen (secondary N) is 1. The van der Waals surface area contributed by atoms with Crippen molar-refractivity contribution in [1.29, 1.82) is 0 Å². The highest BCUT2D eigenvalue weighted by Gasteiger charge is 2.15. The molecule has 0 aliphatic carbocycles. The SMILES string of the molecule is COc1ccc(N(C)CCc2ccc(NC(=O)c3cccc4c(=O)c5cc(F)ccc5sc34)cc2)cc1OC. The van der Waals surface area contributed by atoms with Crippen LogP contribution >= 0.6 is 11.3 Å². The summed E-state index contributed by atoms with van der Waals surface area (Å²) in [6.07, 6.45) is 0.810. The molecule has 1 amide bonds. The summed E-state index contributed by atoms with van der Waals surface area (Å²) >= 11 is 1.31. The molecule has 39 heavy (non-hydrogen) atoms. The molecule has 0 saturated heterocycles. The third kappa shape index (κ3) is 5.42. The summed E-state index contributed by atoms with van der Waals surface area (Å²) in [6, 6.07) is 22.7. The van der Waals surface area contributed by atoms with Gasteiger partial charge in [0.25, 0.3) is 5.91 Å². The smallest absolute Gasteiger partial charge is 0.257 e. The number of amides is 1. The molecule has 1 heterocycles. The fourth-order valence-electron chi connectivity index (χ4n) is 4.47. The second kappa shape index (κ2) is 11.1. The van der Waals surface area contributed by atoms with Crippen molar-refractivity contribution in [2.75, 3.05) is 38.0 Å². The molecule has 5 rings (SSSR count). The van der Waals surface area contributed by atoms with E-state index in [1.54, 1.807) is 38.5 Å². The molecule has 0 aliphatic heterocycles. The number of fused-ring (bicyclic) bond motifs is 2. The largest absolute Gasteiger partial charge is 0.493 e. The van der Waals surface area contributed by atoms with Crippen molar-refractivity contribution in [2.45, 2.75) is 6.42 Å². The van der Waals surface area contributed by atoms with Gasteiger partial charge in [-0.2, -0.15) is 0 Å². The van der Waals surface area contributed by atoms with Crippen molar-refractivity contribution in [1.82, 2.24) is 0 Å². The number of methoxy groups -OCH3 is 2. The standard InChI is InChI=1S/C31H27FN2O4S/c1-34(22-12-13-26(37-2)27(18-22)38-3)16-15-19-7-10-21(11-8-19)33-31(36)24-6-4-5-23-29(35)25-17-20(32)9-14-28(25)39-30(23)24/h4-14,17-18H,15-16H2,1-3H3,(H,33,36). The number of rotatable bonds is 8. The molecule has 1 N–H and O–H groups in total. The highest BCUT2D eigenvalue weighted by molar-refractivity contribution is 7.24. The number of benzene rings is 4. The molecule has 0 radical (unpaired) electrons. The summed E-state index contributed by atoms with van der Waals surface area (Å²) in [5, 5.41) is 3.66. The van der Waals surface area contributed by atoms with Gasteiger partial charge in [0.15, 0.2) is 16.9 Å². The Morgan fingerprint density at radius 3 is 2.44 bits per heavy atom. The fraction of sp³-hybridized carbons (Fsp3) is 0.161. The summed E-state index contributed by atoms with van der Waals surface area (Å²) in [5.74, 6) is 0.603. The number of nitrogens with zero attached hydrogens (tertiary/aromatic N) is 1. The van der Waals surface area contributed by atoms with Crippen LogP contribution in [0.1, 0.15) is 15.9 Å². The summed E-state index contributed by atoms with van der Waals surface area (Å²) in [4.78, 5) is 28.3. The average Bonchev–Trinajstić information content (AvgIpc) is 2.96. The summed E-state index contributed by atoms with van der Waals surface area (Å²) in [7, 11) is 5.26. The first-order chi connectivity index (χ1) is 18.9. The molecule has 5 aromatic rings. The molecule has 1 aromatic heterocycles. The van der Waals surface area contributed by atoms with Crippen LogP contribution in [0.3, 0.4) is 0 Å². The molecular weight excluding hydrogens is 515 g/mol. The third-order valence-corrected chi connectivity index (χ3v) is 7.88. The molecule has 0 unspecified atom stereocenters.